The Kier molecular flexibility index (Phi) is 7.74. The van der Waals surface area contributed by atoms with Crippen LogP contribution in [0.2, 0.25) is 0 Å². The maximum absolute atomic E-state index is 11.2. The van der Waals surface area contributed by atoms with Crippen molar-refractivity contribution in [3.05, 3.63) is 0 Å². The van der Waals surface area contributed by atoms with Crippen molar-refractivity contribution in [2.75, 3.05) is 19.8 Å². The number of carbonyl (C=O) groups excluding carboxylic acids is 3. The summed E-state index contributed by atoms with van der Waals surface area (Å²) in [5, 5.41) is 11.0. The van der Waals surface area contributed by atoms with Crippen molar-refractivity contribution >= 4 is 18.3 Å². The van der Waals surface area contributed by atoms with E-state index in [1.54, 1.807) is 20.8 Å². The van der Waals surface area contributed by atoms with Gasteiger partial charge in [0.2, 0.25) is 0 Å². The number of aliphatic hydroxyl groups excluding tert-OH is 1. The highest BCUT2D eigenvalue weighted by Gasteiger charge is 2.17. The van der Waals surface area contributed by atoms with Crippen LogP contribution in [0.1, 0.15) is 27.2 Å². The molecule has 1 unspecified atom stereocenters. The van der Waals surface area contributed by atoms with Crippen molar-refractivity contribution in [1.82, 2.24) is 5.32 Å². The van der Waals surface area contributed by atoms with Crippen molar-refractivity contribution in [1.29, 1.82) is 0 Å². The average Bonchev–Trinajstić information content (AvgIpc) is 2.30. The highest BCUT2D eigenvalue weighted by atomic mass is 16.6. The van der Waals surface area contributed by atoms with Crippen LogP contribution in [-0.4, -0.2) is 48.8 Å². The Balaban J connectivity index is 3.76. The third-order valence-electron chi connectivity index (χ3n) is 1.95. The Hall–Kier alpha value is -1.63. The van der Waals surface area contributed by atoms with Crippen LogP contribution in [-0.2, 0) is 19.1 Å². The Morgan fingerprint density at radius 2 is 2.00 bits per heavy atom. The van der Waals surface area contributed by atoms with Crippen molar-refractivity contribution in [2.45, 2.75) is 32.8 Å². The molecule has 1 atom stereocenters. The lowest BCUT2D eigenvalue weighted by Gasteiger charge is -2.19. The van der Waals surface area contributed by atoms with Gasteiger partial charge in [-0.3, -0.25) is 4.79 Å². The molecule has 7 heteroatoms. The largest absolute Gasteiger partial charge is 0.464 e. The van der Waals surface area contributed by atoms with Crippen molar-refractivity contribution in [2.24, 2.45) is 5.92 Å². The fraction of sp³-hybridized carbons (Fsp3) is 0.750. The van der Waals surface area contributed by atoms with E-state index in [2.05, 4.69) is 5.32 Å². The summed E-state index contributed by atoms with van der Waals surface area (Å²) >= 11 is 0. The monoisotopic (exact) mass is 275 g/mol. The molecule has 0 radical (unpaired) electrons. The van der Waals surface area contributed by atoms with Crippen molar-refractivity contribution in [3.8, 4) is 0 Å². The summed E-state index contributed by atoms with van der Waals surface area (Å²) < 4.78 is 9.71. The predicted molar refractivity (Wildman–Crippen MR) is 66.5 cm³/mol. The number of hydrogen-bond donors (Lipinski definition) is 2. The third-order valence-corrected chi connectivity index (χ3v) is 1.95. The molecular formula is C12H21NO6. The topological polar surface area (TPSA) is 102 Å². The normalized spacial score (nSPS) is 12.4. The van der Waals surface area contributed by atoms with Gasteiger partial charge in [-0.15, -0.1) is 0 Å². The maximum atomic E-state index is 11.2. The molecule has 7 nitrogen and oxygen atoms in total. The number of aldehydes is 1. The number of alkyl carbamates (subject to hydrolysis) is 1. The molecule has 0 aromatic heterocycles. The molecule has 0 saturated carbocycles. The lowest BCUT2D eigenvalue weighted by Crippen LogP contribution is -2.36. The van der Waals surface area contributed by atoms with Gasteiger partial charge in [-0.05, 0) is 27.2 Å². The first-order valence-electron chi connectivity index (χ1n) is 5.97. The summed E-state index contributed by atoms with van der Waals surface area (Å²) in [6.45, 7) is 4.55. The van der Waals surface area contributed by atoms with E-state index in [9.17, 15) is 14.4 Å². The first-order valence-corrected chi connectivity index (χ1v) is 5.97. The molecule has 1 amide bonds. The molecule has 0 saturated heterocycles. The number of hydrogen-bond acceptors (Lipinski definition) is 6. The highest BCUT2D eigenvalue weighted by molar-refractivity contribution is 5.78. The summed E-state index contributed by atoms with van der Waals surface area (Å²) in [5.74, 6) is -1.17. The zero-order chi connectivity index (χ0) is 14.9. The van der Waals surface area contributed by atoms with E-state index in [4.69, 9.17) is 14.6 Å². The molecule has 2 N–H and O–H groups in total. The zero-order valence-corrected chi connectivity index (χ0v) is 11.5. The van der Waals surface area contributed by atoms with Crippen LogP contribution in [0.15, 0.2) is 0 Å². The van der Waals surface area contributed by atoms with E-state index in [1.807, 2.05) is 0 Å². The number of aliphatic hydroxyl groups is 1. The minimum Gasteiger partial charge on any atom is -0.464 e. The molecule has 0 heterocycles. The molecule has 0 spiro atoms. The van der Waals surface area contributed by atoms with Gasteiger partial charge in [-0.2, -0.15) is 0 Å². The SMILES string of the molecule is CC(C)(C)OC(=O)NCC(=O)OCCC(C=O)CO. The second-order valence-electron chi connectivity index (χ2n) is 4.94. The van der Waals surface area contributed by atoms with Gasteiger partial charge in [0.05, 0.1) is 13.2 Å². The first-order chi connectivity index (χ1) is 8.78. The fourth-order valence-corrected chi connectivity index (χ4v) is 1.04. The van der Waals surface area contributed by atoms with Gasteiger partial charge in [0.1, 0.15) is 18.4 Å². The summed E-state index contributed by atoms with van der Waals surface area (Å²) in [6.07, 6.45) is 0.149. The lowest BCUT2D eigenvalue weighted by atomic mass is 10.1. The van der Waals surface area contributed by atoms with Gasteiger partial charge in [0.25, 0.3) is 0 Å². The van der Waals surface area contributed by atoms with E-state index >= 15 is 0 Å². The average molecular weight is 275 g/mol. The molecule has 0 aliphatic rings. The molecule has 110 valence electrons. The van der Waals surface area contributed by atoms with E-state index in [-0.39, 0.29) is 26.2 Å². The fourth-order valence-electron chi connectivity index (χ4n) is 1.04. The van der Waals surface area contributed by atoms with Gasteiger partial charge in [0.15, 0.2) is 0 Å². The standard InChI is InChI=1S/C12H21NO6/c1-12(2,3)19-11(17)13-6-10(16)18-5-4-9(7-14)8-15/h7,9,15H,4-6,8H2,1-3H3,(H,13,17). The van der Waals surface area contributed by atoms with E-state index in [1.165, 1.54) is 0 Å². The summed E-state index contributed by atoms with van der Waals surface area (Å²) in [4.78, 5) is 32.8. The number of carbonyl (C=O) groups is 3. The van der Waals surface area contributed by atoms with Gasteiger partial charge >= 0.3 is 12.1 Å². The van der Waals surface area contributed by atoms with Crippen molar-refractivity contribution < 1.29 is 29.0 Å². The van der Waals surface area contributed by atoms with E-state index in [0.29, 0.717) is 6.29 Å². The Bertz CT molecular complexity index is 310. The second kappa shape index (κ2) is 8.47. The first kappa shape index (κ1) is 17.4. The predicted octanol–water partition coefficient (Wildman–Crippen LogP) is 0.252. The molecule has 0 aromatic carbocycles. The van der Waals surface area contributed by atoms with Gasteiger partial charge in [-0.1, -0.05) is 0 Å². The Morgan fingerprint density at radius 1 is 1.37 bits per heavy atom. The third kappa shape index (κ3) is 10.0. The lowest BCUT2D eigenvalue weighted by molar-refractivity contribution is -0.143. The highest BCUT2D eigenvalue weighted by Crippen LogP contribution is 2.06. The van der Waals surface area contributed by atoms with Crippen LogP contribution >= 0.6 is 0 Å². The molecular weight excluding hydrogens is 254 g/mol. The van der Waals surface area contributed by atoms with Crippen LogP contribution < -0.4 is 5.32 Å². The zero-order valence-electron chi connectivity index (χ0n) is 11.5. The molecule has 19 heavy (non-hydrogen) atoms. The molecule has 0 fully saturated rings. The van der Waals surface area contributed by atoms with Gasteiger partial charge < -0.3 is 24.7 Å². The smallest absolute Gasteiger partial charge is 0.408 e. The molecule has 0 aliphatic carbocycles. The number of nitrogens with one attached hydrogen (secondary N) is 1. The maximum Gasteiger partial charge on any atom is 0.408 e. The van der Waals surface area contributed by atoms with Gasteiger partial charge in [0, 0.05) is 5.92 Å². The van der Waals surface area contributed by atoms with Crippen LogP contribution in [0.3, 0.4) is 0 Å². The number of ether oxygens (including phenoxy) is 2. The summed E-state index contributed by atoms with van der Waals surface area (Å²) in [7, 11) is 0. The molecule has 0 bridgehead atoms. The summed E-state index contributed by atoms with van der Waals surface area (Å²) in [5.41, 5.74) is -0.633. The number of esters is 1. The molecule has 0 rings (SSSR count). The van der Waals surface area contributed by atoms with Gasteiger partial charge in [-0.25, -0.2) is 4.79 Å². The number of rotatable bonds is 7. The van der Waals surface area contributed by atoms with E-state index in [0.717, 1.165) is 0 Å². The summed E-state index contributed by atoms with van der Waals surface area (Å²) in [6, 6.07) is 0. The Morgan fingerprint density at radius 3 is 2.47 bits per heavy atom. The number of amides is 1. The minimum absolute atomic E-state index is 0.0127. The second-order valence-corrected chi connectivity index (χ2v) is 4.94. The van der Waals surface area contributed by atoms with E-state index < -0.39 is 23.6 Å². The van der Waals surface area contributed by atoms with Crippen LogP contribution in [0.5, 0.6) is 0 Å². The molecule has 0 aromatic rings. The van der Waals surface area contributed by atoms with Crippen LogP contribution in [0, 0.1) is 5.92 Å². The molecule has 0 aliphatic heterocycles. The van der Waals surface area contributed by atoms with Crippen molar-refractivity contribution in [3.63, 3.8) is 0 Å². The van der Waals surface area contributed by atoms with Crippen LogP contribution in [0.4, 0.5) is 4.79 Å². The van der Waals surface area contributed by atoms with Crippen LogP contribution in [0.25, 0.3) is 0 Å². The minimum atomic E-state index is -0.703. The quantitative estimate of drug-likeness (QED) is 0.510. The Labute approximate surface area is 112 Å².